The van der Waals surface area contributed by atoms with Gasteiger partial charge in [-0.1, -0.05) is 52.9 Å². The van der Waals surface area contributed by atoms with Gasteiger partial charge in [-0.2, -0.15) is 10.4 Å². The van der Waals surface area contributed by atoms with E-state index in [0.717, 1.165) is 64.5 Å². The number of benzene rings is 1. The fourth-order valence-electron chi connectivity index (χ4n) is 3.93. The summed E-state index contributed by atoms with van der Waals surface area (Å²) in [5.74, 6) is -0.284. The van der Waals surface area contributed by atoms with E-state index in [-0.39, 0.29) is 23.0 Å². The van der Waals surface area contributed by atoms with Gasteiger partial charge in [-0.15, -0.1) is 5.11 Å². The Kier molecular flexibility index (Phi) is 11.8. The number of amides is 1. The molecule has 1 heterocycles. The average molecular weight is 494 g/mol. The second kappa shape index (κ2) is 14.8. The minimum absolute atomic E-state index is 0.00249. The number of unbranched alkanes of at least 4 members (excludes halogenated alkanes) is 5. The molecule has 0 bridgehead atoms. The number of aromatic hydroxyl groups is 1. The molecule has 194 valence electrons. The van der Waals surface area contributed by atoms with Gasteiger partial charge in [-0.3, -0.25) is 14.2 Å². The van der Waals surface area contributed by atoms with Crippen molar-refractivity contribution < 1.29 is 9.90 Å². The molecule has 36 heavy (non-hydrogen) atoms. The molecule has 1 aromatic heterocycles. The predicted molar refractivity (Wildman–Crippen MR) is 142 cm³/mol. The Labute approximate surface area is 214 Å². The lowest BCUT2D eigenvalue weighted by molar-refractivity contribution is 0.0751. The van der Waals surface area contributed by atoms with Gasteiger partial charge in [0.05, 0.1) is 5.69 Å². The Balaban J connectivity index is 2.28. The highest BCUT2D eigenvalue weighted by Crippen LogP contribution is 2.32. The summed E-state index contributed by atoms with van der Waals surface area (Å²) in [7, 11) is 0. The second-order valence-electron chi connectivity index (χ2n) is 9.05. The first-order valence-corrected chi connectivity index (χ1v) is 13.1. The van der Waals surface area contributed by atoms with E-state index in [1.807, 2.05) is 11.0 Å². The Morgan fingerprint density at radius 2 is 1.58 bits per heavy atom. The monoisotopic (exact) mass is 493 g/mol. The van der Waals surface area contributed by atoms with Gasteiger partial charge in [0.2, 0.25) is 5.88 Å². The molecule has 0 fully saturated rings. The summed E-state index contributed by atoms with van der Waals surface area (Å²) < 4.78 is 1.21. The molecule has 1 aromatic carbocycles. The van der Waals surface area contributed by atoms with Gasteiger partial charge in [-0.05, 0) is 50.5 Å². The number of nitriles is 1. The first kappa shape index (κ1) is 28.8. The highest BCUT2D eigenvalue weighted by atomic mass is 16.3. The zero-order valence-electron chi connectivity index (χ0n) is 22.1. The number of rotatable bonds is 14. The fraction of sp³-hybridized carbons (Fsp3) is 0.536. The van der Waals surface area contributed by atoms with E-state index in [0.29, 0.717) is 23.4 Å². The Morgan fingerprint density at radius 1 is 0.972 bits per heavy atom. The number of aromatic nitrogens is 1. The van der Waals surface area contributed by atoms with Crippen LogP contribution in [-0.4, -0.2) is 33.6 Å². The van der Waals surface area contributed by atoms with Crippen molar-refractivity contribution >= 4 is 17.3 Å². The molecule has 1 N–H and O–H groups in total. The van der Waals surface area contributed by atoms with Crippen molar-refractivity contribution in [2.45, 2.75) is 85.6 Å². The highest BCUT2D eigenvalue weighted by Gasteiger charge is 2.19. The van der Waals surface area contributed by atoms with Gasteiger partial charge in [0.25, 0.3) is 11.5 Å². The zero-order valence-corrected chi connectivity index (χ0v) is 22.1. The number of hydrogen-bond acceptors (Lipinski definition) is 6. The summed E-state index contributed by atoms with van der Waals surface area (Å²) in [6.45, 7) is 9.69. The summed E-state index contributed by atoms with van der Waals surface area (Å²) >= 11 is 0. The normalized spacial score (nSPS) is 11.1. The van der Waals surface area contributed by atoms with Crippen LogP contribution in [0.3, 0.4) is 0 Å². The summed E-state index contributed by atoms with van der Waals surface area (Å²) in [6, 6.07) is 8.80. The molecule has 0 spiro atoms. The third-order valence-electron chi connectivity index (χ3n) is 6.23. The lowest BCUT2D eigenvalue weighted by atomic mass is 10.1. The molecule has 0 saturated heterocycles. The molecular formula is C28H39N5O3. The molecule has 0 radical (unpaired) electrons. The van der Waals surface area contributed by atoms with Crippen LogP contribution in [-0.2, 0) is 6.54 Å². The molecule has 2 aromatic rings. The number of hydrogen-bond donors (Lipinski definition) is 1. The maximum absolute atomic E-state index is 13.0. The van der Waals surface area contributed by atoms with Gasteiger partial charge in [0.15, 0.2) is 5.69 Å². The van der Waals surface area contributed by atoms with Gasteiger partial charge in [-0.25, -0.2) is 0 Å². The number of carbonyl (C=O) groups is 1. The summed E-state index contributed by atoms with van der Waals surface area (Å²) in [5, 5.41) is 28.7. The molecule has 0 atom stereocenters. The van der Waals surface area contributed by atoms with E-state index in [1.165, 1.54) is 4.57 Å². The number of nitrogens with zero attached hydrogens (tertiary/aromatic N) is 5. The summed E-state index contributed by atoms with van der Waals surface area (Å²) in [5.41, 5.74) is 0.930. The maximum atomic E-state index is 13.0. The van der Waals surface area contributed by atoms with Crippen LogP contribution in [0.2, 0.25) is 0 Å². The summed E-state index contributed by atoms with van der Waals surface area (Å²) in [6.07, 6.45) is 7.72. The van der Waals surface area contributed by atoms with E-state index in [1.54, 1.807) is 31.2 Å². The first-order chi connectivity index (χ1) is 17.4. The van der Waals surface area contributed by atoms with Crippen molar-refractivity contribution in [2.24, 2.45) is 10.2 Å². The van der Waals surface area contributed by atoms with E-state index in [2.05, 4.69) is 31.0 Å². The average Bonchev–Trinajstić information content (AvgIpc) is 2.88. The quantitative estimate of drug-likeness (QED) is 0.231. The first-order valence-electron chi connectivity index (χ1n) is 13.1. The van der Waals surface area contributed by atoms with Crippen molar-refractivity contribution in [1.29, 1.82) is 5.26 Å². The van der Waals surface area contributed by atoms with Gasteiger partial charge < -0.3 is 10.0 Å². The molecule has 0 aliphatic rings. The van der Waals surface area contributed by atoms with E-state index in [9.17, 15) is 20.0 Å². The lowest BCUT2D eigenvalue weighted by Crippen LogP contribution is -2.32. The molecule has 8 nitrogen and oxygen atoms in total. The van der Waals surface area contributed by atoms with Crippen LogP contribution in [0.1, 0.15) is 93.6 Å². The standard InChI is InChI=1S/C28H39N5O3/c1-5-8-11-12-19-33-27(35)24(20-29)21(4)25(28(33)36)31-30-23-15-13-22(14-16-23)26(34)32(17-9-6-2)18-10-7-3/h13-16,36H,5-12,17-19H2,1-4H3/b31-30+. The summed E-state index contributed by atoms with van der Waals surface area (Å²) in [4.78, 5) is 27.6. The number of pyridine rings is 1. The Bertz CT molecular complexity index is 1120. The molecule has 2 rings (SSSR count). The van der Waals surface area contributed by atoms with Crippen LogP contribution >= 0.6 is 0 Å². The predicted octanol–water partition coefficient (Wildman–Crippen LogP) is 6.77. The number of azo groups is 1. The van der Waals surface area contributed by atoms with Gasteiger partial charge in [0, 0.05) is 30.8 Å². The van der Waals surface area contributed by atoms with E-state index >= 15 is 0 Å². The second-order valence-corrected chi connectivity index (χ2v) is 9.05. The Hall–Kier alpha value is -3.47. The van der Waals surface area contributed by atoms with Crippen LogP contribution in [0, 0.1) is 18.3 Å². The number of carbonyl (C=O) groups excluding carboxylic acids is 1. The largest absolute Gasteiger partial charge is 0.493 e. The van der Waals surface area contributed by atoms with Crippen molar-refractivity contribution in [3.63, 3.8) is 0 Å². The SMILES string of the molecule is CCCCCCn1c(O)c(/N=N/c2ccc(C(=O)N(CCCC)CCCC)cc2)c(C)c(C#N)c1=O. The Morgan fingerprint density at radius 3 is 2.14 bits per heavy atom. The fourth-order valence-corrected chi connectivity index (χ4v) is 3.93. The molecule has 0 unspecified atom stereocenters. The third-order valence-corrected chi connectivity index (χ3v) is 6.23. The van der Waals surface area contributed by atoms with Crippen LogP contribution in [0.5, 0.6) is 5.88 Å². The molecule has 0 aliphatic carbocycles. The van der Waals surface area contributed by atoms with Crippen molar-refractivity contribution in [1.82, 2.24) is 9.47 Å². The van der Waals surface area contributed by atoms with E-state index in [4.69, 9.17) is 0 Å². The van der Waals surface area contributed by atoms with Crippen molar-refractivity contribution in [3.8, 4) is 11.9 Å². The van der Waals surface area contributed by atoms with Crippen LogP contribution in [0.25, 0.3) is 0 Å². The van der Waals surface area contributed by atoms with Gasteiger partial charge in [0.1, 0.15) is 11.6 Å². The van der Waals surface area contributed by atoms with Gasteiger partial charge >= 0.3 is 0 Å². The van der Waals surface area contributed by atoms with Crippen molar-refractivity contribution in [2.75, 3.05) is 13.1 Å². The minimum Gasteiger partial charge on any atom is -0.493 e. The molecule has 8 heteroatoms. The minimum atomic E-state index is -0.512. The van der Waals surface area contributed by atoms with Crippen LogP contribution < -0.4 is 5.56 Å². The van der Waals surface area contributed by atoms with E-state index < -0.39 is 5.56 Å². The lowest BCUT2D eigenvalue weighted by Gasteiger charge is -2.22. The third kappa shape index (κ3) is 7.51. The molecule has 0 saturated carbocycles. The van der Waals surface area contributed by atoms with Crippen molar-refractivity contribution in [3.05, 3.63) is 51.3 Å². The zero-order chi connectivity index (χ0) is 26.5. The topological polar surface area (TPSA) is 111 Å². The highest BCUT2D eigenvalue weighted by molar-refractivity contribution is 5.94. The smallest absolute Gasteiger partial charge is 0.271 e. The molecular weight excluding hydrogens is 454 g/mol. The molecule has 1 amide bonds. The van der Waals surface area contributed by atoms with Crippen LogP contribution in [0.4, 0.5) is 11.4 Å². The molecule has 0 aliphatic heterocycles. The maximum Gasteiger partial charge on any atom is 0.271 e. The van der Waals surface area contributed by atoms with Crippen LogP contribution in [0.15, 0.2) is 39.3 Å².